The summed E-state index contributed by atoms with van der Waals surface area (Å²) in [6.45, 7) is 6.11. The first kappa shape index (κ1) is 20.3. The van der Waals surface area contributed by atoms with Crippen LogP contribution in [0.3, 0.4) is 0 Å². The van der Waals surface area contributed by atoms with E-state index in [2.05, 4.69) is 11.0 Å². The maximum atomic E-state index is 12.4. The van der Waals surface area contributed by atoms with Crippen LogP contribution < -0.4 is 4.74 Å². The van der Waals surface area contributed by atoms with E-state index in [1.807, 2.05) is 25.1 Å². The van der Waals surface area contributed by atoms with Crippen molar-refractivity contribution in [1.82, 2.24) is 9.80 Å². The summed E-state index contributed by atoms with van der Waals surface area (Å²) in [5.74, 6) is -1.09. The van der Waals surface area contributed by atoms with Crippen LogP contribution in [0.4, 0.5) is 0 Å². The number of carbonyl (C=O) groups is 2. The van der Waals surface area contributed by atoms with Crippen molar-refractivity contribution in [1.29, 1.82) is 0 Å². The Balaban J connectivity index is 1.41. The molecule has 0 aliphatic carbocycles. The van der Waals surface area contributed by atoms with E-state index < -0.39 is 18.0 Å². The summed E-state index contributed by atoms with van der Waals surface area (Å²) in [6.07, 6.45) is -0.771. The van der Waals surface area contributed by atoms with E-state index in [4.69, 9.17) is 4.74 Å². The van der Waals surface area contributed by atoms with Gasteiger partial charge in [-0.3, -0.25) is 9.69 Å². The molecule has 0 unspecified atom stereocenters. The summed E-state index contributed by atoms with van der Waals surface area (Å²) in [5, 5.41) is 19.9. The average molecular weight is 419 g/mol. The molecule has 0 aromatic heterocycles. The molecule has 4 atom stereocenters. The fraction of sp³-hybridized carbons (Fsp3) is 0.524. The molecular weight excluding hydrogens is 392 g/mol. The summed E-state index contributed by atoms with van der Waals surface area (Å²) in [6, 6.07) is 7.75. The maximum absolute atomic E-state index is 12.4. The van der Waals surface area contributed by atoms with E-state index in [0.29, 0.717) is 5.25 Å². The highest BCUT2D eigenvalue weighted by molar-refractivity contribution is 8.03. The molecule has 1 aromatic carbocycles. The van der Waals surface area contributed by atoms with Gasteiger partial charge in [-0.25, -0.2) is 4.79 Å². The van der Waals surface area contributed by atoms with E-state index >= 15 is 0 Å². The van der Waals surface area contributed by atoms with Crippen LogP contribution in [0.5, 0.6) is 5.75 Å². The normalized spacial score (nSPS) is 28.1. The zero-order valence-electron chi connectivity index (χ0n) is 16.7. The number of likely N-dealkylation sites (tertiary alicyclic amines) is 1. The van der Waals surface area contributed by atoms with Gasteiger partial charge in [0.05, 0.1) is 25.2 Å². The molecule has 3 aliphatic heterocycles. The second-order valence-corrected chi connectivity index (χ2v) is 9.40. The van der Waals surface area contributed by atoms with Crippen LogP contribution in [0.2, 0.25) is 0 Å². The summed E-state index contributed by atoms with van der Waals surface area (Å²) >= 11 is 1.58. The molecule has 3 heterocycles. The molecule has 1 aromatic rings. The number of carbonyl (C=O) groups excluding carboxylic acids is 1. The Labute approximate surface area is 174 Å². The fourth-order valence-electron chi connectivity index (χ4n) is 4.61. The quantitative estimate of drug-likeness (QED) is 0.652. The molecule has 0 bridgehead atoms. The molecule has 0 spiro atoms. The van der Waals surface area contributed by atoms with E-state index in [-0.39, 0.29) is 23.6 Å². The topological polar surface area (TPSA) is 90.3 Å². The zero-order valence-corrected chi connectivity index (χ0v) is 17.6. The number of hydrogen-bond donors (Lipinski definition) is 2. The van der Waals surface area contributed by atoms with Gasteiger partial charge in [0, 0.05) is 35.7 Å². The largest absolute Gasteiger partial charge is 0.497 e. The van der Waals surface area contributed by atoms with Crippen LogP contribution in [0.25, 0.3) is 0 Å². The lowest BCUT2D eigenvalue weighted by molar-refractivity contribution is -0.163. The van der Waals surface area contributed by atoms with Gasteiger partial charge in [-0.1, -0.05) is 19.1 Å². The van der Waals surface area contributed by atoms with Gasteiger partial charge in [0.15, 0.2) is 0 Å². The van der Waals surface area contributed by atoms with Crippen molar-refractivity contribution in [2.45, 2.75) is 37.8 Å². The van der Waals surface area contributed by atoms with Gasteiger partial charge in [-0.2, -0.15) is 0 Å². The van der Waals surface area contributed by atoms with Crippen LogP contribution in [-0.2, 0) is 16.1 Å². The molecule has 2 N–H and O–H groups in total. The first-order valence-electron chi connectivity index (χ1n) is 9.82. The standard InChI is InChI=1S/C21H26N2O5S/c1-11-17-16(12(2)24)20(25)23(17)18(21(26)27)19(11)29-15-9-22(10-15)8-13-5-4-6-14(7-13)28-3/h4-7,11-12,15-17,24H,8-10H2,1-3H3,(H,26,27)/t11-,12-,16-,17-/m1/s1. The first-order valence-corrected chi connectivity index (χ1v) is 10.7. The fourth-order valence-corrected chi connectivity index (χ4v) is 6.19. The molecule has 2 fully saturated rings. The van der Waals surface area contributed by atoms with Crippen molar-refractivity contribution < 1.29 is 24.5 Å². The van der Waals surface area contributed by atoms with Gasteiger partial charge in [-0.15, -0.1) is 11.8 Å². The van der Waals surface area contributed by atoms with Crippen molar-refractivity contribution >= 4 is 23.6 Å². The van der Waals surface area contributed by atoms with Gasteiger partial charge in [0.1, 0.15) is 11.4 Å². The Morgan fingerprint density at radius 3 is 2.72 bits per heavy atom. The smallest absolute Gasteiger partial charge is 0.353 e. The number of fused-ring (bicyclic) bond motifs is 1. The number of amides is 1. The lowest BCUT2D eigenvalue weighted by Gasteiger charge is -2.46. The van der Waals surface area contributed by atoms with Crippen LogP contribution in [-0.4, -0.2) is 69.5 Å². The third-order valence-corrected chi connectivity index (χ3v) is 7.52. The molecule has 8 heteroatoms. The SMILES string of the molecule is COc1cccc(CN2CC(SC3=C(C(=O)O)N4C(=O)[C@H]([C@@H](C)O)[C@H]4[C@H]3C)C2)c1. The van der Waals surface area contributed by atoms with Crippen molar-refractivity contribution in [2.24, 2.45) is 11.8 Å². The van der Waals surface area contributed by atoms with Gasteiger partial charge >= 0.3 is 5.97 Å². The van der Waals surface area contributed by atoms with Crippen LogP contribution in [0.15, 0.2) is 34.9 Å². The maximum Gasteiger partial charge on any atom is 0.353 e. The lowest BCUT2D eigenvalue weighted by atomic mass is 9.79. The minimum absolute atomic E-state index is 0.0733. The molecule has 1 amide bonds. The summed E-state index contributed by atoms with van der Waals surface area (Å²) in [7, 11) is 1.65. The highest BCUT2D eigenvalue weighted by atomic mass is 32.2. The number of carboxylic acid groups (broad SMARTS) is 1. The molecule has 7 nitrogen and oxygen atoms in total. The minimum atomic E-state index is -1.06. The van der Waals surface area contributed by atoms with Crippen LogP contribution >= 0.6 is 11.8 Å². The Bertz CT molecular complexity index is 864. The number of aliphatic hydroxyl groups is 1. The number of benzene rings is 1. The number of rotatable bonds is 7. The Morgan fingerprint density at radius 1 is 1.38 bits per heavy atom. The van der Waals surface area contributed by atoms with E-state index in [1.54, 1.807) is 25.8 Å². The van der Waals surface area contributed by atoms with E-state index in [1.165, 1.54) is 10.5 Å². The Morgan fingerprint density at radius 2 is 2.10 bits per heavy atom. The summed E-state index contributed by atoms with van der Waals surface area (Å²) < 4.78 is 5.27. The number of carboxylic acids is 1. The number of methoxy groups -OCH3 is 1. The third-order valence-electron chi connectivity index (χ3n) is 6.07. The number of hydrogen-bond acceptors (Lipinski definition) is 6. The third kappa shape index (κ3) is 3.43. The minimum Gasteiger partial charge on any atom is -0.497 e. The first-order chi connectivity index (χ1) is 13.8. The van der Waals surface area contributed by atoms with Gasteiger partial charge in [-0.05, 0) is 24.6 Å². The Kier molecular flexibility index (Phi) is 5.35. The van der Waals surface area contributed by atoms with E-state index in [9.17, 15) is 19.8 Å². The predicted molar refractivity (Wildman–Crippen MR) is 109 cm³/mol. The zero-order chi connectivity index (χ0) is 20.9. The monoisotopic (exact) mass is 418 g/mol. The Hall–Kier alpha value is -2.03. The molecule has 0 radical (unpaired) electrons. The number of aliphatic hydroxyl groups excluding tert-OH is 1. The number of β-lactam (4-membered cyclic amide) rings is 1. The molecule has 4 rings (SSSR count). The van der Waals surface area contributed by atoms with E-state index in [0.717, 1.165) is 30.3 Å². The molecular formula is C21H26N2O5S. The van der Waals surface area contributed by atoms with Gasteiger partial charge in [0.25, 0.3) is 0 Å². The molecule has 2 saturated heterocycles. The second-order valence-electron chi connectivity index (χ2n) is 8.06. The summed E-state index contributed by atoms with van der Waals surface area (Å²) in [4.78, 5) is 28.7. The number of aliphatic carboxylic acids is 1. The summed E-state index contributed by atoms with van der Waals surface area (Å²) in [5.41, 5.74) is 1.29. The van der Waals surface area contributed by atoms with Crippen molar-refractivity contribution in [3.8, 4) is 5.75 Å². The number of ether oxygens (including phenoxy) is 1. The highest BCUT2D eigenvalue weighted by Crippen LogP contribution is 2.51. The predicted octanol–water partition coefficient (Wildman–Crippen LogP) is 1.77. The molecule has 156 valence electrons. The average Bonchev–Trinajstić information content (AvgIpc) is 2.88. The molecule has 3 aliphatic rings. The van der Waals surface area contributed by atoms with Gasteiger partial charge < -0.3 is 19.8 Å². The van der Waals surface area contributed by atoms with Crippen LogP contribution in [0, 0.1) is 11.8 Å². The molecule has 0 saturated carbocycles. The van der Waals surface area contributed by atoms with Crippen molar-refractivity contribution in [3.63, 3.8) is 0 Å². The molecule has 29 heavy (non-hydrogen) atoms. The van der Waals surface area contributed by atoms with Gasteiger partial charge in [0.2, 0.25) is 5.91 Å². The second kappa shape index (κ2) is 7.66. The van der Waals surface area contributed by atoms with Crippen molar-refractivity contribution in [2.75, 3.05) is 20.2 Å². The number of thioether (sulfide) groups is 1. The number of nitrogens with zero attached hydrogens (tertiary/aromatic N) is 2. The lowest BCUT2D eigenvalue weighted by Crippen LogP contribution is -2.63. The van der Waals surface area contributed by atoms with Crippen LogP contribution in [0.1, 0.15) is 19.4 Å². The highest BCUT2D eigenvalue weighted by Gasteiger charge is 2.60. The van der Waals surface area contributed by atoms with Crippen molar-refractivity contribution in [3.05, 3.63) is 40.4 Å².